The third-order valence-electron chi connectivity index (χ3n) is 5.29. The average molecular weight is 359 g/mol. The van der Waals surface area contributed by atoms with Gasteiger partial charge in [0, 0.05) is 37.8 Å². The van der Waals surface area contributed by atoms with Gasteiger partial charge in [-0.15, -0.1) is 0 Å². The van der Waals surface area contributed by atoms with E-state index in [0.29, 0.717) is 0 Å². The third kappa shape index (κ3) is 2.61. The van der Waals surface area contributed by atoms with Gasteiger partial charge < -0.3 is 15.2 Å². The van der Waals surface area contributed by atoms with Gasteiger partial charge >= 0.3 is 0 Å². The number of benzene rings is 2. The molecule has 2 aromatic heterocycles. The maximum Gasteiger partial charge on any atom is 0.276 e. The summed E-state index contributed by atoms with van der Waals surface area (Å²) < 4.78 is 1.48. The van der Waals surface area contributed by atoms with Gasteiger partial charge in [0.15, 0.2) is 0 Å². The largest absolute Gasteiger partial charge is 0.355 e. The number of aromatic nitrogens is 3. The Hall–Kier alpha value is -3.12. The second-order valence-corrected chi connectivity index (χ2v) is 6.98. The van der Waals surface area contributed by atoms with Crippen LogP contribution in [-0.4, -0.2) is 40.8 Å². The summed E-state index contributed by atoms with van der Waals surface area (Å²) in [4.78, 5) is 18.4. The minimum Gasteiger partial charge on any atom is -0.355 e. The third-order valence-corrected chi connectivity index (χ3v) is 5.29. The van der Waals surface area contributed by atoms with Crippen molar-refractivity contribution in [2.24, 2.45) is 0 Å². The van der Waals surface area contributed by atoms with E-state index in [4.69, 9.17) is 0 Å². The van der Waals surface area contributed by atoms with Crippen LogP contribution in [0.1, 0.15) is 5.69 Å². The Morgan fingerprint density at radius 3 is 2.67 bits per heavy atom. The number of nitrogens with one attached hydrogen (secondary N) is 2. The zero-order valence-electron chi connectivity index (χ0n) is 15.2. The summed E-state index contributed by atoms with van der Waals surface area (Å²) in [6, 6.07) is 16.2. The lowest BCUT2D eigenvalue weighted by atomic mass is 9.98. The average Bonchev–Trinajstić information content (AvgIpc) is 3.04. The van der Waals surface area contributed by atoms with Crippen molar-refractivity contribution in [2.75, 3.05) is 31.1 Å². The van der Waals surface area contributed by atoms with Crippen LogP contribution in [0.3, 0.4) is 0 Å². The molecule has 0 unspecified atom stereocenters. The first kappa shape index (κ1) is 16.1. The van der Waals surface area contributed by atoms with Crippen molar-refractivity contribution in [1.29, 1.82) is 0 Å². The van der Waals surface area contributed by atoms with Crippen molar-refractivity contribution in [3.63, 3.8) is 0 Å². The van der Waals surface area contributed by atoms with E-state index in [9.17, 15) is 4.79 Å². The molecule has 0 aliphatic carbocycles. The van der Waals surface area contributed by atoms with Gasteiger partial charge in [-0.25, -0.2) is 0 Å². The molecule has 27 heavy (non-hydrogen) atoms. The number of rotatable bonds is 2. The van der Waals surface area contributed by atoms with Crippen LogP contribution >= 0.6 is 0 Å². The number of aryl methyl sites for hydroxylation is 1. The summed E-state index contributed by atoms with van der Waals surface area (Å²) in [5.41, 5.74) is 3.57. The molecule has 0 spiro atoms. The summed E-state index contributed by atoms with van der Waals surface area (Å²) in [7, 11) is 0. The maximum atomic E-state index is 12.7. The Labute approximate surface area is 156 Å². The van der Waals surface area contributed by atoms with Gasteiger partial charge in [-0.3, -0.25) is 4.79 Å². The van der Waals surface area contributed by atoms with Crippen LogP contribution in [0, 0.1) is 6.92 Å². The van der Waals surface area contributed by atoms with Crippen molar-refractivity contribution in [3.05, 3.63) is 64.6 Å². The molecule has 136 valence electrons. The van der Waals surface area contributed by atoms with E-state index in [1.165, 1.54) is 9.90 Å². The van der Waals surface area contributed by atoms with Gasteiger partial charge in [-0.05, 0) is 23.3 Å². The number of fused-ring (bicyclic) bond motifs is 2. The van der Waals surface area contributed by atoms with Crippen LogP contribution in [0.4, 0.5) is 5.82 Å². The van der Waals surface area contributed by atoms with E-state index in [0.717, 1.165) is 59.9 Å². The smallest absolute Gasteiger partial charge is 0.276 e. The topological polar surface area (TPSA) is 65.4 Å². The Morgan fingerprint density at radius 1 is 1.04 bits per heavy atom. The van der Waals surface area contributed by atoms with Gasteiger partial charge in [0.25, 0.3) is 5.56 Å². The first-order chi connectivity index (χ1) is 13.2. The molecule has 0 saturated carbocycles. The van der Waals surface area contributed by atoms with E-state index < -0.39 is 0 Å². The van der Waals surface area contributed by atoms with Crippen molar-refractivity contribution >= 4 is 22.2 Å². The number of aromatic amines is 1. The summed E-state index contributed by atoms with van der Waals surface area (Å²) in [5.74, 6) is 0.857. The molecule has 2 N–H and O–H groups in total. The van der Waals surface area contributed by atoms with Gasteiger partial charge in [-0.1, -0.05) is 42.5 Å². The molecule has 6 heteroatoms. The number of anilines is 1. The normalized spacial score (nSPS) is 14.9. The van der Waals surface area contributed by atoms with Crippen LogP contribution in [-0.2, 0) is 0 Å². The molecule has 3 heterocycles. The van der Waals surface area contributed by atoms with Crippen molar-refractivity contribution in [1.82, 2.24) is 19.9 Å². The number of piperazine rings is 1. The van der Waals surface area contributed by atoms with Crippen LogP contribution in [0.2, 0.25) is 0 Å². The maximum absolute atomic E-state index is 12.7. The van der Waals surface area contributed by atoms with Crippen LogP contribution in [0.15, 0.2) is 53.3 Å². The Balaban J connectivity index is 1.78. The highest BCUT2D eigenvalue weighted by atomic mass is 16.1. The van der Waals surface area contributed by atoms with Crippen LogP contribution in [0.25, 0.3) is 27.5 Å². The number of hydrogen-bond donors (Lipinski definition) is 2. The minimum absolute atomic E-state index is 0.105. The summed E-state index contributed by atoms with van der Waals surface area (Å²) >= 11 is 0. The summed E-state index contributed by atoms with van der Waals surface area (Å²) in [6.07, 6.45) is 0. The van der Waals surface area contributed by atoms with Crippen molar-refractivity contribution in [2.45, 2.75) is 6.92 Å². The molecule has 0 amide bonds. The quantitative estimate of drug-likeness (QED) is 0.577. The van der Waals surface area contributed by atoms with Gasteiger partial charge in [0.05, 0.1) is 5.69 Å². The summed E-state index contributed by atoms with van der Waals surface area (Å²) in [6.45, 7) is 5.55. The fraction of sp³-hybridized carbons (Fsp3) is 0.238. The fourth-order valence-electron chi connectivity index (χ4n) is 3.98. The standard InChI is InChI=1S/C21H21N5O/c1-14-20(17-8-4-6-15-5-2-3-7-16(15)17)21-23-18(13-19(27)26(21)24-14)25-11-9-22-10-12-25/h2-8,13,22-23H,9-12H2,1H3. The monoisotopic (exact) mass is 359 g/mol. The molecular formula is C21H21N5O. The lowest BCUT2D eigenvalue weighted by Crippen LogP contribution is -2.44. The zero-order valence-corrected chi connectivity index (χ0v) is 15.2. The van der Waals surface area contributed by atoms with E-state index in [1.807, 2.05) is 19.1 Å². The molecule has 4 aromatic rings. The number of H-pyrrole nitrogens is 1. The van der Waals surface area contributed by atoms with E-state index in [1.54, 1.807) is 6.07 Å². The molecule has 2 aromatic carbocycles. The second kappa shape index (κ2) is 6.25. The van der Waals surface area contributed by atoms with E-state index >= 15 is 0 Å². The second-order valence-electron chi connectivity index (χ2n) is 6.98. The fourth-order valence-corrected chi connectivity index (χ4v) is 3.98. The first-order valence-electron chi connectivity index (χ1n) is 9.29. The highest BCUT2D eigenvalue weighted by molar-refractivity contribution is 6.00. The SMILES string of the molecule is Cc1nn2c(=O)cc(N3CCNCC3)[nH]c2c1-c1cccc2ccccc12. The predicted molar refractivity (Wildman–Crippen MR) is 109 cm³/mol. The van der Waals surface area contributed by atoms with E-state index in [2.05, 4.69) is 50.6 Å². The summed E-state index contributed by atoms with van der Waals surface area (Å²) in [5, 5.41) is 10.2. The van der Waals surface area contributed by atoms with Gasteiger partial charge in [0.2, 0.25) is 0 Å². The lowest BCUT2D eigenvalue weighted by Gasteiger charge is -2.28. The highest BCUT2D eigenvalue weighted by Crippen LogP contribution is 2.33. The Morgan fingerprint density at radius 2 is 1.81 bits per heavy atom. The Bertz CT molecular complexity index is 1200. The molecule has 0 atom stereocenters. The molecule has 1 aliphatic heterocycles. The van der Waals surface area contributed by atoms with Crippen molar-refractivity contribution < 1.29 is 0 Å². The zero-order chi connectivity index (χ0) is 18.4. The number of hydrogen-bond acceptors (Lipinski definition) is 4. The van der Waals surface area contributed by atoms with Gasteiger partial charge in [-0.2, -0.15) is 9.61 Å². The minimum atomic E-state index is -0.105. The first-order valence-corrected chi connectivity index (χ1v) is 9.29. The molecular weight excluding hydrogens is 338 g/mol. The van der Waals surface area contributed by atoms with E-state index in [-0.39, 0.29) is 5.56 Å². The van der Waals surface area contributed by atoms with Crippen LogP contribution in [0.5, 0.6) is 0 Å². The predicted octanol–water partition coefficient (Wildman–Crippen LogP) is 2.56. The van der Waals surface area contributed by atoms with Crippen LogP contribution < -0.4 is 15.8 Å². The molecule has 6 nitrogen and oxygen atoms in total. The highest BCUT2D eigenvalue weighted by Gasteiger charge is 2.19. The van der Waals surface area contributed by atoms with Gasteiger partial charge in [0.1, 0.15) is 11.5 Å². The Kier molecular flexibility index (Phi) is 3.72. The molecule has 0 bridgehead atoms. The molecule has 1 fully saturated rings. The molecule has 5 rings (SSSR count). The lowest BCUT2D eigenvalue weighted by molar-refractivity contribution is 0.584. The molecule has 0 radical (unpaired) electrons. The molecule has 1 aliphatic rings. The van der Waals surface area contributed by atoms with Crippen molar-refractivity contribution in [3.8, 4) is 11.1 Å². The molecule has 1 saturated heterocycles. The number of nitrogens with zero attached hydrogens (tertiary/aromatic N) is 3.